The second kappa shape index (κ2) is 5.17. The third kappa shape index (κ3) is 2.43. The fourth-order valence-corrected chi connectivity index (χ4v) is 3.55. The normalized spacial score (nSPS) is 22.8. The number of likely N-dealkylation sites (tertiary alicyclic amines) is 1. The molecule has 2 aromatic rings. The lowest BCUT2D eigenvalue weighted by atomic mass is 9.91. The molecule has 0 aromatic carbocycles. The Balaban J connectivity index is 2.02. The molecule has 2 unspecified atom stereocenters. The molecule has 3 rings (SSSR count). The van der Waals surface area contributed by atoms with Gasteiger partial charge in [0.15, 0.2) is 0 Å². The number of aromatic nitrogens is 2. The number of imidazole rings is 1. The molecule has 4 heteroatoms. The summed E-state index contributed by atoms with van der Waals surface area (Å²) in [4.78, 5) is 19.5. The van der Waals surface area contributed by atoms with E-state index in [0.29, 0.717) is 11.8 Å². The number of pyridine rings is 1. The molecule has 0 N–H and O–H groups in total. The molecule has 1 aliphatic heterocycles. The van der Waals surface area contributed by atoms with Gasteiger partial charge in [0.1, 0.15) is 11.3 Å². The van der Waals surface area contributed by atoms with Gasteiger partial charge in [0.05, 0.1) is 5.69 Å². The molecule has 1 aliphatic rings. The molecule has 0 bridgehead atoms. The first-order valence-corrected chi connectivity index (χ1v) is 7.71. The predicted molar refractivity (Wildman–Crippen MR) is 83.5 cm³/mol. The summed E-state index contributed by atoms with van der Waals surface area (Å²) in [7, 11) is 0. The number of hydrogen-bond acceptors (Lipinski definition) is 2. The van der Waals surface area contributed by atoms with Crippen molar-refractivity contribution in [2.45, 2.75) is 34.1 Å². The van der Waals surface area contributed by atoms with Crippen LogP contribution in [0.25, 0.3) is 5.65 Å². The van der Waals surface area contributed by atoms with E-state index in [9.17, 15) is 4.79 Å². The van der Waals surface area contributed by atoms with Crippen LogP contribution in [0.1, 0.15) is 42.0 Å². The molecular formula is C17H23N3O. The van der Waals surface area contributed by atoms with Crippen LogP contribution in [0.5, 0.6) is 0 Å². The highest BCUT2D eigenvalue weighted by atomic mass is 16.2. The summed E-state index contributed by atoms with van der Waals surface area (Å²) >= 11 is 0. The van der Waals surface area contributed by atoms with Gasteiger partial charge in [-0.2, -0.15) is 0 Å². The molecule has 4 nitrogen and oxygen atoms in total. The van der Waals surface area contributed by atoms with Crippen molar-refractivity contribution in [3.63, 3.8) is 0 Å². The smallest absolute Gasteiger partial charge is 0.272 e. The average Bonchev–Trinajstić information content (AvgIpc) is 2.74. The van der Waals surface area contributed by atoms with Gasteiger partial charge in [0.25, 0.3) is 5.91 Å². The van der Waals surface area contributed by atoms with Crippen LogP contribution in [0, 0.1) is 25.7 Å². The maximum atomic E-state index is 13.0. The Kier molecular flexibility index (Phi) is 3.47. The van der Waals surface area contributed by atoms with E-state index in [-0.39, 0.29) is 5.91 Å². The molecule has 0 saturated carbocycles. The van der Waals surface area contributed by atoms with Crippen molar-refractivity contribution in [2.24, 2.45) is 11.8 Å². The molecule has 21 heavy (non-hydrogen) atoms. The maximum absolute atomic E-state index is 13.0. The number of hydrogen-bond donors (Lipinski definition) is 0. The van der Waals surface area contributed by atoms with Gasteiger partial charge in [-0.25, -0.2) is 4.98 Å². The Morgan fingerprint density at radius 2 is 1.90 bits per heavy atom. The first-order valence-electron chi connectivity index (χ1n) is 7.71. The van der Waals surface area contributed by atoms with Crippen LogP contribution >= 0.6 is 0 Å². The number of aryl methyl sites for hydroxylation is 2. The van der Waals surface area contributed by atoms with Crippen molar-refractivity contribution in [3.8, 4) is 0 Å². The van der Waals surface area contributed by atoms with Crippen LogP contribution in [0.3, 0.4) is 0 Å². The van der Waals surface area contributed by atoms with Gasteiger partial charge >= 0.3 is 0 Å². The number of carbonyl (C=O) groups excluding carboxylic acids is 1. The fraction of sp³-hybridized carbons (Fsp3) is 0.529. The predicted octanol–water partition coefficient (Wildman–Crippen LogP) is 3.07. The zero-order chi connectivity index (χ0) is 15.1. The second-order valence-corrected chi connectivity index (χ2v) is 6.59. The minimum Gasteiger partial charge on any atom is -0.337 e. The van der Waals surface area contributed by atoms with E-state index in [0.717, 1.165) is 35.7 Å². The topological polar surface area (TPSA) is 37.6 Å². The van der Waals surface area contributed by atoms with Gasteiger partial charge in [0, 0.05) is 19.3 Å². The summed E-state index contributed by atoms with van der Waals surface area (Å²) < 4.78 is 1.94. The lowest BCUT2D eigenvalue weighted by Crippen LogP contribution is -2.43. The molecule has 2 aromatic heterocycles. The third-order valence-electron chi connectivity index (χ3n) is 4.38. The number of nitrogens with zero attached hydrogens (tertiary/aromatic N) is 3. The molecule has 2 atom stereocenters. The van der Waals surface area contributed by atoms with Gasteiger partial charge in [-0.1, -0.05) is 19.9 Å². The second-order valence-electron chi connectivity index (χ2n) is 6.59. The molecule has 112 valence electrons. The zero-order valence-corrected chi connectivity index (χ0v) is 13.3. The van der Waals surface area contributed by atoms with Crippen molar-refractivity contribution >= 4 is 11.6 Å². The number of fused-ring (bicyclic) bond motifs is 1. The van der Waals surface area contributed by atoms with Gasteiger partial charge in [0.2, 0.25) is 0 Å². The number of piperidine rings is 1. The molecule has 1 fully saturated rings. The van der Waals surface area contributed by atoms with E-state index in [1.165, 1.54) is 6.42 Å². The zero-order valence-electron chi connectivity index (χ0n) is 13.3. The Bertz CT molecular complexity index is 679. The molecule has 1 amide bonds. The Hall–Kier alpha value is -1.84. The van der Waals surface area contributed by atoms with Gasteiger partial charge in [-0.15, -0.1) is 0 Å². The lowest BCUT2D eigenvalue weighted by molar-refractivity contribution is 0.0615. The van der Waals surface area contributed by atoms with Gasteiger partial charge < -0.3 is 4.90 Å². The van der Waals surface area contributed by atoms with Gasteiger partial charge in [-0.05, 0) is 43.7 Å². The minimum absolute atomic E-state index is 0.115. The standard InChI is InChI=1S/C17H23N3O/c1-11-8-12(2)10-19(9-11)17(21)15-14(4)18-16-13(3)6-5-7-20(15)16/h5-7,11-12H,8-10H2,1-4H3. The van der Waals surface area contributed by atoms with Gasteiger partial charge in [-0.3, -0.25) is 9.20 Å². The van der Waals surface area contributed by atoms with Crippen LogP contribution in [-0.2, 0) is 0 Å². The van der Waals surface area contributed by atoms with Crippen molar-refractivity contribution in [1.82, 2.24) is 14.3 Å². The number of amides is 1. The molecule has 0 radical (unpaired) electrons. The summed E-state index contributed by atoms with van der Waals surface area (Å²) in [5, 5.41) is 0. The fourth-order valence-electron chi connectivity index (χ4n) is 3.55. The van der Waals surface area contributed by atoms with E-state index in [1.54, 1.807) is 0 Å². The molecular weight excluding hydrogens is 262 g/mol. The molecule has 3 heterocycles. The monoisotopic (exact) mass is 285 g/mol. The van der Waals surface area contributed by atoms with Crippen LogP contribution < -0.4 is 0 Å². The summed E-state index contributed by atoms with van der Waals surface area (Å²) in [5.41, 5.74) is 3.52. The minimum atomic E-state index is 0.115. The highest BCUT2D eigenvalue weighted by Crippen LogP contribution is 2.24. The third-order valence-corrected chi connectivity index (χ3v) is 4.38. The number of rotatable bonds is 1. The van der Waals surface area contributed by atoms with Crippen molar-refractivity contribution in [2.75, 3.05) is 13.1 Å². The molecule has 0 aliphatic carbocycles. The quantitative estimate of drug-likeness (QED) is 0.807. The Morgan fingerprint density at radius 3 is 2.57 bits per heavy atom. The lowest BCUT2D eigenvalue weighted by Gasteiger charge is -2.35. The first-order chi connectivity index (χ1) is 9.97. The highest BCUT2D eigenvalue weighted by Gasteiger charge is 2.29. The molecule has 1 saturated heterocycles. The first kappa shape index (κ1) is 14.1. The SMILES string of the molecule is Cc1nc2c(C)cccn2c1C(=O)N1CC(C)CC(C)C1. The largest absolute Gasteiger partial charge is 0.337 e. The van der Waals surface area contributed by atoms with Crippen molar-refractivity contribution in [1.29, 1.82) is 0 Å². The Labute approximate surface area is 125 Å². The Morgan fingerprint density at radius 1 is 1.24 bits per heavy atom. The summed E-state index contributed by atoms with van der Waals surface area (Å²) in [6.45, 7) is 10.1. The summed E-state index contributed by atoms with van der Waals surface area (Å²) in [5.74, 6) is 1.25. The van der Waals surface area contributed by atoms with E-state index < -0.39 is 0 Å². The van der Waals surface area contributed by atoms with Crippen LogP contribution in [0.15, 0.2) is 18.3 Å². The van der Waals surface area contributed by atoms with E-state index in [4.69, 9.17) is 0 Å². The highest BCUT2D eigenvalue weighted by molar-refractivity contribution is 5.95. The van der Waals surface area contributed by atoms with Crippen LogP contribution in [0.2, 0.25) is 0 Å². The molecule has 0 spiro atoms. The van der Waals surface area contributed by atoms with Crippen LogP contribution in [-0.4, -0.2) is 33.3 Å². The van der Waals surface area contributed by atoms with Crippen molar-refractivity contribution in [3.05, 3.63) is 35.3 Å². The van der Waals surface area contributed by atoms with E-state index in [1.807, 2.05) is 41.5 Å². The average molecular weight is 285 g/mol. The summed E-state index contributed by atoms with van der Waals surface area (Å²) in [6, 6.07) is 4.00. The number of carbonyl (C=O) groups is 1. The van der Waals surface area contributed by atoms with Crippen molar-refractivity contribution < 1.29 is 4.79 Å². The summed E-state index contributed by atoms with van der Waals surface area (Å²) in [6.07, 6.45) is 3.14. The maximum Gasteiger partial charge on any atom is 0.272 e. The van der Waals surface area contributed by atoms with E-state index in [2.05, 4.69) is 18.8 Å². The van der Waals surface area contributed by atoms with E-state index >= 15 is 0 Å². The van der Waals surface area contributed by atoms with Crippen LogP contribution in [0.4, 0.5) is 0 Å².